The van der Waals surface area contributed by atoms with Gasteiger partial charge in [0.1, 0.15) is 0 Å². The van der Waals surface area contributed by atoms with Crippen LogP contribution < -0.4 is 10.2 Å². The van der Waals surface area contributed by atoms with Crippen LogP contribution in [0.15, 0.2) is 12.4 Å². The highest BCUT2D eigenvalue weighted by Gasteiger charge is 2.14. The van der Waals surface area contributed by atoms with Crippen LogP contribution in [0, 0.1) is 0 Å². The normalized spacial score (nSPS) is 16.1. The molecule has 1 aromatic heterocycles. The minimum absolute atomic E-state index is 0.498. The molecular formula is C12H20N4. The van der Waals surface area contributed by atoms with Crippen molar-refractivity contribution in [2.45, 2.75) is 39.3 Å². The van der Waals surface area contributed by atoms with Crippen molar-refractivity contribution in [1.29, 1.82) is 0 Å². The lowest BCUT2D eigenvalue weighted by Crippen LogP contribution is -2.23. The maximum Gasteiger partial charge on any atom is 0.225 e. The highest BCUT2D eigenvalue weighted by Crippen LogP contribution is 2.14. The highest BCUT2D eigenvalue weighted by atomic mass is 15.3. The van der Waals surface area contributed by atoms with E-state index >= 15 is 0 Å². The Kier molecular flexibility index (Phi) is 3.72. The maximum absolute atomic E-state index is 4.41. The maximum atomic E-state index is 4.41. The van der Waals surface area contributed by atoms with Gasteiger partial charge in [-0.1, -0.05) is 13.8 Å². The fourth-order valence-corrected chi connectivity index (χ4v) is 1.84. The third-order valence-electron chi connectivity index (χ3n) is 2.80. The quantitative estimate of drug-likeness (QED) is 0.836. The number of anilines is 1. The summed E-state index contributed by atoms with van der Waals surface area (Å²) in [6.07, 6.45) is 6.38. The molecule has 1 saturated heterocycles. The van der Waals surface area contributed by atoms with Crippen molar-refractivity contribution >= 4 is 5.95 Å². The summed E-state index contributed by atoms with van der Waals surface area (Å²) in [7, 11) is 0. The standard InChI is InChI=1S/C12H20N4/c1-10(2)13-7-11-8-14-12(15-9-11)16-5-3-4-6-16/h8-10,13H,3-7H2,1-2H3. The Morgan fingerprint density at radius 1 is 1.25 bits per heavy atom. The summed E-state index contributed by atoms with van der Waals surface area (Å²) in [5, 5.41) is 3.36. The van der Waals surface area contributed by atoms with E-state index in [1.807, 2.05) is 12.4 Å². The molecule has 0 radical (unpaired) electrons. The zero-order valence-corrected chi connectivity index (χ0v) is 10.1. The summed E-state index contributed by atoms with van der Waals surface area (Å²) >= 11 is 0. The molecule has 1 N–H and O–H groups in total. The van der Waals surface area contributed by atoms with Crippen LogP contribution in [0.2, 0.25) is 0 Å². The summed E-state index contributed by atoms with van der Waals surface area (Å²) in [5.74, 6) is 0.880. The fraction of sp³-hybridized carbons (Fsp3) is 0.667. The van der Waals surface area contributed by atoms with E-state index in [9.17, 15) is 0 Å². The third kappa shape index (κ3) is 2.92. The van der Waals surface area contributed by atoms with E-state index in [1.165, 1.54) is 12.8 Å². The molecule has 16 heavy (non-hydrogen) atoms. The Labute approximate surface area is 97.1 Å². The van der Waals surface area contributed by atoms with Gasteiger partial charge in [-0.05, 0) is 12.8 Å². The summed E-state index contributed by atoms with van der Waals surface area (Å²) in [6, 6.07) is 0.498. The van der Waals surface area contributed by atoms with Crippen molar-refractivity contribution in [3.8, 4) is 0 Å². The highest BCUT2D eigenvalue weighted by molar-refractivity contribution is 5.30. The Hall–Kier alpha value is -1.16. The van der Waals surface area contributed by atoms with Crippen LogP contribution in [0.4, 0.5) is 5.95 Å². The lowest BCUT2D eigenvalue weighted by molar-refractivity contribution is 0.586. The van der Waals surface area contributed by atoms with E-state index in [1.54, 1.807) is 0 Å². The van der Waals surface area contributed by atoms with Gasteiger partial charge in [-0.25, -0.2) is 9.97 Å². The number of hydrogen-bond donors (Lipinski definition) is 1. The molecule has 88 valence electrons. The molecule has 0 unspecified atom stereocenters. The van der Waals surface area contributed by atoms with Gasteiger partial charge in [0.25, 0.3) is 0 Å². The topological polar surface area (TPSA) is 41.1 Å². The minimum Gasteiger partial charge on any atom is -0.341 e. The predicted octanol–water partition coefficient (Wildman–Crippen LogP) is 1.57. The Bertz CT molecular complexity index is 314. The Balaban J connectivity index is 1.93. The van der Waals surface area contributed by atoms with E-state index in [2.05, 4.69) is 34.0 Å². The second kappa shape index (κ2) is 5.25. The second-order valence-corrected chi connectivity index (χ2v) is 4.62. The average molecular weight is 220 g/mol. The second-order valence-electron chi connectivity index (χ2n) is 4.62. The molecule has 1 aliphatic heterocycles. The molecule has 0 atom stereocenters. The average Bonchev–Trinajstić information content (AvgIpc) is 2.80. The lowest BCUT2D eigenvalue weighted by atomic mass is 10.3. The van der Waals surface area contributed by atoms with Gasteiger partial charge in [0, 0.05) is 43.6 Å². The largest absolute Gasteiger partial charge is 0.341 e. The first-order valence-electron chi connectivity index (χ1n) is 6.05. The summed E-state index contributed by atoms with van der Waals surface area (Å²) in [6.45, 7) is 7.32. The number of aromatic nitrogens is 2. The van der Waals surface area contributed by atoms with Crippen LogP contribution in [0.3, 0.4) is 0 Å². The van der Waals surface area contributed by atoms with Crippen molar-refractivity contribution in [3.05, 3.63) is 18.0 Å². The predicted molar refractivity (Wildman–Crippen MR) is 65.5 cm³/mol. The first-order valence-corrected chi connectivity index (χ1v) is 6.05. The van der Waals surface area contributed by atoms with E-state index in [4.69, 9.17) is 0 Å². The van der Waals surface area contributed by atoms with Crippen LogP contribution in [0.25, 0.3) is 0 Å². The molecular weight excluding hydrogens is 200 g/mol. The van der Waals surface area contributed by atoms with Gasteiger partial charge < -0.3 is 10.2 Å². The monoisotopic (exact) mass is 220 g/mol. The molecule has 4 nitrogen and oxygen atoms in total. The van der Waals surface area contributed by atoms with Crippen LogP contribution in [-0.4, -0.2) is 29.1 Å². The van der Waals surface area contributed by atoms with E-state index < -0.39 is 0 Å². The molecule has 2 rings (SSSR count). The van der Waals surface area contributed by atoms with Crippen LogP contribution in [0.1, 0.15) is 32.3 Å². The minimum atomic E-state index is 0.498. The van der Waals surface area contributed by atoms with E-state index in [0.717, 1.165) is 31.1 Å². The number of rotatable bonds is 4. The van der Waals surface area contributed by atoms with Gasteiger partial charge in [0.05, 0.1) is 0 Å². The molecule has 0 spiro atoms. The van der Waals surface area contributed by atoms with Crippen molar-refractivity contribution in [3.63, 3.8) is 0 Å². The lowest BCUT2D eigenvalue weighted by Gasteiger charge is -2.15. The van der Waals surface area contributed by atoms with Gasteiger partial charge in [0.2, 0.25) is 5.95 Å². The van der Waals surface area contributed by atoms with E-state index in [0.29, 0.717) is 6.04 Å². The van der Waals surface area contributed by atoms with Gasteiger partial charge in [0.15, 0.2) is 0 Å². The van der Waals surface area contributed by atoms with E-state index in [-0.39, 0.29) is 0 Å². The smallest absolute Gasteiger partial charge is 0.225 e. The summed E-state index contributed by atoms with van der Waals surface area (Å²) in [5.41, 5.74) is 1.15. The van der Waals surface area contributed by atoms with Crippen LogP contribution in [0.5, 0.6) is 0 Å². The molecule has 1 aliphatic rings. The number of hydrogen-bond acceptors (Lipinski definition) is 4. The molecule has 1 fully saturated rings. The Morgan fingerprint density at radius 3 is 2.44 bits per heavy atom. The van der Waals surface area contributed by atoms with Crippen molar-refractivity contribution in [2.24, 2.45) is 0 Å². The van der Waals surface area contributed by atoms with Gasteiger partial charge in [-0.15, -0.1) is 0 Å². The molecule has 4 heteroatoms. The zero-order chi connectivity index (χ0) is 11.4. The van der Waals surface area contributed by atoms with Crippen LogP contribution >= 0.6 is 0 Å². The van der Waals surface area contributed by atoms with Gasteiger partial charge >= 0.3 is 0 Å². The van der Waals surface area contributed by atoms with Crippen molar-refractivity contribution < 1.29 is 0 Å². The van der Waals surface area contributed by atoms with Gasteiger partial charge in [-0.2, -0.15) is 0 Å². The van der Waals surface area contributed by atoms with Crippen LogP contribution in [-0.2, 0) is 6.54 Å². The molecule has 2 heterocycles. The summed E-state index contributed by atoms with van der Waals surface area (Å²) in [4.78, 5) is 11.1. The molecule has 1 aromatic rings. The first kappa shape index (κ1) is 11.3. The Morgan fingerprint density at radius 2 is 1.88 bits per heavy atom. The molecule has 0 saturated carbocycles. The zero-order valence-electron chi connectivity index (χ0n) is 10.1. The molecule has 0 amide bonds. The van der Waals surface area contributed by atoms with Crippen molar-refractivity contribution in [1.82, 2.24) is 15.3 Å². The summed E-state index contributed by atoms with van der Waals surface area (Å²) < 4.78 is 0. The molecule has 0 aliphatic carbocycles. The van der Waals surface area contributed by atoms with Gasteiger partial charge in [-0.3, -0.25) is 0 Å². The molecule has 0 aromatic carbocycles. The number of nitrogens with one attached hydrogen (secondary N) is 1. The fourth-order valence-electron chi connectivity index (χ4n) is 1.84. The molecule has 0 bridgehead atoms. The van der Waals surface area contributed by atoms with Crippen molar-refractivity contribution in [2.75, 3.05) is 18.0 Å². The first-order chi connectivity index (χ1) is 7.75. The third-order valence-corrected chi connectivity index (χ3v) is 2.80. The SMILES string of the molecule is CC(C)NCc1cnc(N2CCCC2)nc1. The number of nitrogens with zero attached hydrogens (tertiary/aromatic N) is 3.